The molecule has 0 spiro atoms. The van der Waals surface area contributed by atoms with Gasteiger partial charge in [0.15, 0.2) is 12.0 Å². The number of aromatic nitrogens is 1. The van der Waals surface area contributed by atoms with E-state index in [0.717, 1.165) is 44.1 Å². The van der Waals surface area contributed by atoms with Crippen molar-refractivity contribution < 1.29 is 14.5 Å². The van der Waals surface area contributed by atoms with Gasteiger partial charge in [0.25, 0.3) is 0 Å². The molecule has 0 saturated heterocycles. The summed E-state index contributed by atoms with van der Waals surface area (Å²) in [4.78, 5) is 4.42. The van der Waals surface area contributed by atoms with Crippen LogP contribution < -0.4 is 5.46 Å². The average Bonchev–Trinajstić information content (AvgIpc) is 3.23. The molecule has 0 aliphatic carbocycles. The van der Waals surface area contributed by atoms with Crippen LogP contribution in [0.15, 0.2) is 89.7 Å². The summed E-state index contributed by atoms with van der Waals surface area (Å²) in [7, 11) is -1.47. The number of nitrogens with zero attached hydrogens (tertiary/aromatic N) is 1. The van der Waals surface area contributed by atoms with Crippen LogP contribution in [-0.2, 0) is 0 Å². The zero-order valence-electron chi connectivity index (χ0n) is 14.9. The SMILES string of the molecule is OB(O)c1ccc(-c2cc(-c3ccccc3)c3ccc4ocnc4c3c2)cc1. The molecule has 0 atom stereocenters. The van der Waals surface area contributed by atoms with Gasteiger partial charge in [-0.3, -0.25) is 0 Å². The summed E-state index contributed by atoms with van der Waals surface area (Å²) in [6.07, 6.45) is 1.47. The summed E-state index contributed by atoms with van der Waals surface area (Å²) in [5.41, 5.74) is 6.31. The molecule has 134 valence electrons. The van der Waals surface area contributed by atoms with Gasteiger partial charge in [-0.2, -0.15) is 0 Å². The van der Waals surface area contributed by atoms with E-state index in [4.69, 9.17) is 4.42 Å². The second kappa shape index (κ2) is 6.64. The van der Waals surface area contributed by atoms with Gasteiger partial charge in [0, 0.05) is 5.39 Å². The smallest absolute Gasteiger partial charge is 0.443 e. The molecule has 1 aromatic heterocycles. The molecule has 0 bridgehead atoms. The fourth-order valence-electron chi connectivity index (χ4n) is 3.63. The Balaban J connectivity index is 1.80. The normalized spacial score (nSPS) is 11.2. The molecule has 0 fully saturated rings. The lowest BCUT2D eigenvalue weighted by Crippen LogP contribution is -2.29. The van der Waals surface area contributed by atoms with E-state index in [2.05, 4.69) is 35.3 Å². The maximum absolute atomic E-state index is 9.35. The van der Waals surface area contributed by atoms with Crippen molar-refractivity contribution in [3.05, 3.63) is 85.3 Å². The van der Waals surface area contributed by atoms with Gasteiger partial charge in [0.1, 0.15) is 5.52 Å². The highest BCUT2D eigenvalue weighted by atomic mass is 16.4. The second-order valence-corrected chi connectivity index (χ2v) is 6.75. The molecular weight excluding hydrogens is 349 g/mol. The van der Waals surface area contributed by atoms with E-state index in [1.807, 2.05) is 36.4 Å². The standard InChI is InChI=1S/C23H16BNO3/c26-24(27)18-8-6-15(7-9-18)17-12-20(16-4-2-1-3-5-16)19-10-11-22-23(21(19)13-17)25-14-28-22/h1-14,26-27H. The van der Waals surface area contributed by atoms with Crippen molar-refractivity contribution in [3.8, 4) is 22.3 Å². The highest BCUT2D eigenvalue weighted by Crippen LogP contribution is 2.36. The molecule has 0 amide bonds. The number of hydrogen-bond acceptors (Lipinski definition) is 4. The maximum atomic E-state index is 9.35. The van der Waals surface area contributed by atoms with Gasteiger partial charge in [0.2, 0.25) is 0 Å². The number of oxazole rings is 1. The summed E-state index contributed by atoms with van der Waals surface area (Å²) in [6, 6.07) is 25.8. The Hall–Kier alpha value is -3.41. The lowest BCUT2D eigenvalue weighted by atomic mass is 9.79. The summed E-state index contributed by atoms with van der Waals surface area (Å²) >= 11 is 0. The molecule has 0 aliphatic rings. The van der Waals surface area contributed by atoms with Crippen LogP contribution in [0.3, 0.4) is 0 Å². The Kier molecular flexibility index (Phi) is 3.97. The van der Waals surface area contributed by atoms with Gasteiger partial charge in [-0.1, -0.05) is 54.6 Å². The first-order valence-corrected chi connectivity index (χ1v) is 9.02. The molecule has 0 unspecified atom stereocenters. The van der Waals surface area contributed by atoms with Crippen molar-refractivity contribution in [1.82, 2.24) is 4.98 Å². The van der Waals surface area contributed by atoms with Crippen molar-refractivity contribution in [2.24, 2.45) is 0 Å². The Morgan fingerprint density at radius 3 is 2.25 bits per heavy atom. The minimum absolute atomic E-state index is 0.465. The fraction of sp³-hybridized carbons (Fsp3) is 0. The molecule has 28 heavy (non-hydrogen) atoms. The third-order valence-corrected chi connectivity index (χ3v) is 5.06. The van der Waals surface area contributed by atoms with Crippen LogP contribution >= 0.6 is 0 Å². The van der Waals surface area contributed by atoms with Gasteiger partial charge in [-0.25, -0.2) is 4.98 Å². The van der Waals surface area contributed by atoms with E-state index in [1.165, 1.54) is 6.39 Å². The summed E-state index contributed by atoms with van der Waals surface area (Å²) in [5.74, 6) is 0. The lowest BCUT2D eigenvalue weighted by molar-refractivity contribution is 0.426. The van der Waals surface area contributed by atoms with Gasteiger partial charge in [-0.15, -0.1) is 0 Å². The minimum Gasteiger partial charge on any atom is -0.443 e. The average molecular weight is 365 g/mol. The third-order valence-electron chi connectivity index (χ3n) is 5.06. The van der Waals surface area contributed by atoms with Crippen LogP contribution in [0, 0.1) is 0 Å². The van der Waals surface area contributed by atoms with Crippen LogP contribution in [0.25, 0.3) is 44.1 Å². The lowest BCUT2D eigenvalue weighted by Gasteiger charge is -2.12. The van der Waals surface area contributed by atoms with Crippen molar-refractivity contribution in [2.45, 2.75) is 0 Å². The largest absolute Gasteiger partial charge is 0.488 e. The van der Waals surface area contributed by atoms with E-state index in [0.29, 0.717) is 5.46 Å². The molecule has 0 aliphatic heterocycles. The van der Waals surface area contributed by atoms with Crippen molar-refractivity contribution in [1.29, 1.82) is 0 Å². The molecule has 4 aromatic carbocycles. The van der Waals surface area contributed by atoms with E-state index < -0.39 is 7.12 Å². The Morgan fingerprint density at radius 1 is 0.714 bits per heavy atom. The molecule has 5 heteroatoms. The number of hydrogen-bond donors (Lipinski definition) is 2. The molecule has 2 N–H and O–H groups in total. The predicted octanol–water partition coefficient (Wildman–Crippen LogP) is 3.99. The van der Waals surface area contributed by atoms with Crippen molar-refractivity contribution in [2.75, 3.05) is 0 Å². The highest BCUT2D eigenvalue weighted by molar-refractivity contribution is 6.58. The van der Waals surface area contributed by atoms with Crippen LogP contribution in [0.5, 0.6) is 0 Å². The molecule has 5 aromatic rings. The first-order chi connectivity index (χ1) is 13.7. The van der Waals surface area contributed by atoms with Crippen LogP contribution in [0.2, 0.25) is 0 Å². The number of benzene rings is 4. The third kappa shape index (κ3) is 2.78. The van der Waals surface area contributed by atoms with E-state index in [1.54, 1.807) is 12.1 Å². The summed E-state index contributed by atoms with van der Waals surface area (Å²) < 4.78 is 5.49. The maximum Gasteiger partial charge on any atom is 0.488 e. The quantitative estimate of drug-likeness (QED) is 0.475. The van der Waals surface area contributed by atoms with Gasteiger partial charge in [-0.05, 0) is 57.4 Å². The molecule has 0 radical (unpaired) electrons. The molecular formula is C23H16BNO3. The zero-order chi connectivity index (χ0) is 19.1. The van der Waals surface area contributed by atoms with E-state index >= 15 is 0 Å². The van der Waals surface area contributed by atoms with E-state index in [-0.39, 0.29) is 0 Å². The Bertz CT molecular complexity index is 1280. The fourth-order valence-corrected chi connectivity index (χ4v) is 3.63. The zero-order valence-corrected chi connectivity index (χ0v) is 14.9. The van der Waals surface area contributed by atoms with Crippen molar-refractivity contribution in [3.63, 3.8) is 0 Å². The highest BCUT2D eigenvalue weighted by Gasteiger charge is 2.14. The number of rotatable bonds is 3. The molecule has 1 heterocycles. The minimum atomic E-state index is -1.47. The molecule has 0 saturated carbocycles. The second-order valence-electron chi connectivity index (χ2n) is 6.75. The first-order valence-electron chi connectivity index (χ1n) is 9.02. The molecule has 5 rings (SSSR count). The first kappa shape index (κ1) is 16.7. The van der Waals surface area contributed by atoms with Crippen LogP contribution in [-0.4, -0.2) is 22.2 Å². The van der Waals surface area contributed by atoms with Gasteiger partial charge < -0.3 is 14.5 Å². The topological polar surface area (TPSA) is 66.5 Å². The molecule has 4 nitrogen and oxygen atoms in total. The predicted molar refractivity (Wildman–Crippen MR) is 112 cm³/mol. The van der Waals surface area contributed by atoms with Crippen molar-refractivity contribution >= 4 is 34.5 Å². The number of fused-ring (bicyclic) bond motifs is 3. The van der Waals surface area contributed by atoms with Gasteiger partial charge in [0.05, 0.1) is 0 Å². The summed E-state index contributed by atoms with van der Waals surface area (Å²) in [5, 5.41) is 20.8. The Labute approximate surface area is 161 Å². The Morgan fingerprint density at radius 2 is 1.50 bits per heavy atom. The van der Waals surface area contributed by atoms with Crippen LogP contribution in [0.4, 0.5) is 0 Å². The van der Waals surface area contributed by atoms with Crippen LogP contribution in [0.1, 0.15) is 0 Å². The van der Waals surface area contributed by atoms with E-state index in [9.17, 15) is 10.0 Å². The van der Waals surface area contributed by atoms with Gasteiger partial charge >= 0.3 is 7.12 Å². The monoisotopic (exact) mass is 365 g/mol. The summed E-state index contributed by atoms with van der Waals surface area (Å²) in [6.45, 7) is 0.